The van der Waals surface area contributed by atoms with Crippen molar-refractivity contribution in [2.75, 3.05) is 25.0 Å². The molecule has 0 atom stereocenters. The Morgan fingerprint density at radius 2 is 1.68 bits per heavy atom. The van der Waals surface area contributed by atoms with E-state index in [1.54, 1.807) is 12.2 Å². The van der Waals surface area contributed by atoms with Gasteiger partial charge in [-0.2, -0.15) is 0 Å². The van der Waals surface area contributed by atoms with Gasteiger partial charge in [0.05, 0.1) is 6.54 Å². The number of rotatable bonds is 7. The quantitative estimate of drug-likeness (QED) is 0.763. The summed E-state index contributed by atoms with van der Waals surface area (Å²) in [6.07, 6.45) is 3.57. The summed E-state index contributed by atoms with van der Waals surface area (Å²) in [6.45, 7) is 13.1. The van der Waals surface area contributed by atoms with Crippen LogP contribution in [0, 0.1) is 13.8 Å². The molecule has 0 heterocycles. The summed E-state index contributed by atoms with van der Waals surface area (Å²) in [5, 5.41) is 2.92. The highest BCUT2D eigenvalue weighted by molar-refractivity contribution is 5.92. The van der Waals surface area contributed by atoms with Gasteiger partial charge in [-0.1, -0.05) is 18.2 Å². The van der Waals surface area contributed by atoms with Gasteiger partial charge in [-0.05, 0) is 37.1 Å². The van der Waals surface area contributed by atoms with Gasteiger partial charge >= 0.3 is 0 Å². The Balaban J connectivity index is 2.62. The molecule has 0 aliphatic rings. The maximum atomic E-state index is 12.0. The molecule has 3 heteroatoms. The van der Waals surface area contributed by atoms with Crippen molar-refractivity contribution in [2.24, 2.45) is 0 Å². The molecule has 0 aliphatic carbocycles. The van der Waals surface area contributed by atoms with Gasteiger partial charge in [0, 0.05) is 18.8 Å². The maximum absolute atomic E-state index is 12.0. The molecular formula is C16H22N2O. The van der Waals surface area contributed by atoms with Crippen LogP contribution in [0.4, 0.5) is 5.69 Å². The molecule has 3 nitrogen and oxygen atoms in total. The maximum Gasteiger partial charge on any atom is 0.238 e. The Bertz CT molecular complexity index is 436. The van der Waals surface area contributed by atoms with Crippen molar-refractivity contribution in [3.8, 4) is 0 Å². The van der Waals surface area contributed by atoms with E-state index in [-0.39, 0.29) is 5.91 Å². The first-order chi connectivity index (χ1) is 9.05. The largest absolute Gasteiger partial charge is 0.325 e. The molecule has 1 amide bonds. The summed E-state index contributed by atoms with van der Waals surface area (Å²) in [5.41, 5.74) is 3.13. The zero-order valence-corrected chi connectivity index (χ0v) is 11.8. The zero-order valence-electron chi connectivity index (χ0n) is 11.8. The van der Waals surface area contributed by atoms with Gasteiger partial charge in [-0.3, -0.25) is 9.69 Å². The number of carbonyl (C=O) groups excluding carboxylic acids is 1. The van der Waals surface area contributed by atoms with Crippen LogP contribution in [0.15, 0.2) is 43.5 Å². The minimum atomic E-state index is -0.0197. The predicted molar refractivity (Wildman–Crippen MR) is 81.4 cm³/mol. The predicted octanol–water partition coefficient (Wildman–Crippen LogP) is 2.92. The number of carbonyl (C=O) groups is 1. The van der Waals surface area contributed by atoms with Crippen LogP contribution in [-0.4, -0.2) is 30.4 Å². The van der Waals surface area contributed by atoms with E-state index in [4.69, 9.17) is 0 Å². The number of hydrogen-bond acceptors (Lipinski definition) is 2. The average molecular weight is 258 g/mol. The Morgan fingerprint density at radius 1 is 1.16 bits per heavy atom. The van der Waals surface area contributed by atoms with Crippen molar-refractivity contribution in [1.29, 1.82) is 0 Å². The molecule has 1 N–H and O–H groups in total. The van der Waals surface area contributed by atoms with Gasteiger partial charge in [0.2, 0.25) is 5.91 Å². The van der Waals surface area contributed by atoms with Crippen molar-refractivity contribution >= 4 is 11.6 Å². The van der Waals surface area contributed by atoms with Gasteiger partial charge in [0.1, 0.15) is 0 Å². The molecule has 0 saturated carbocycles. The normalized spacial score (nSPS) is 10.3. The molecule has 1 rings (SSSR count). The second-order valence-corrected chi connectivity index (χ2v) is 4.70. The van der Waals surface area contributed by atoms with E-state index < -0.39 is 0 Å². The fourth-order valence-corrected chi connectivity index (χ4v) is 2.02. The third-order valence-electron chi connectivity index (χ3n) is 2.65. The SMILES string of the molecule is C=CCN(CC=C)CC(=O)Nc1cc(C)cc(C)c1. The Kier molecular flexibility index (Phi) is 6.03. The van der Waals surface area contributed by atoms with Gasteiger partial charge in [-0.25, -0.2) is 0 Å². The highest BCUT2D eigenvalue weighted by Gasteiger charge is 2.08. The van der Waals surface area contributed by atoms with Crippen LogP contribution < -0.4 is 5.32 Å². The highest BCUT2D eigenvalue weighted by atomic mass is 16.2. The van der Waals surface area contributed by atoms with E-state index in [2.05, 4.69) is 24.5 Å². The number of benzene rings is 1. The van der Waals surface area contributed by atoms with E-state index in [0.717, 1.165) is 16.8 Å². The van der Waals surface area contributed by atoms with E-state index in [1.807, 2.05) is 30.9 Å². The molecule has 0 aliphatic heterocycles. The second-order valence-electron chi connectivity index (χ2n) is 4.70. The van der Waals surface area contributed by atoms with E-state index in [9.17, 15) is 4.79 Å². The standard InChI is InChI=1S/C16H22N2O/c1-5-7-18(8-6-2)12-16(19)17-15-10-13(3)9-14(4)11-15/h5-6,9-11H,1-2,7-8,12H2,3-4H3,(H,17,19). The average Bonchev–Trinajstić information content (AvgIpc) is 2.27. The first-order valence-electron chi connectivity index (χ1n) is 6.37. The van der Waals surface area contributed by atoms with Crippen LogP contribution in [0.1, 0.15) is 11.1 Å². The number of amides is 1. The number of nitrogens with one attached hydrogen (secondary N) is 1. The van der Waals surface area contributed by atoms with Crippen molar-refractivity contribution in [1.82, 2.24) is 4.90 Å². The molecule has 0 unspecified atom stereocenters. The highest BCUT2D eigenvalue weighted by Crippen LogP contribution is 2.13. The second kappa shape index (κ2) is 7.54. The van der Waals surface area contributed by atoms with Gasteiger partial charge in [0.15, 0.2) is 0 Å². The lowest BCUT2D eigenvalue weighted by atomic mass is 10.1. The summed E-state index contributed by atoms with van der Waals surface area (Å²) in [5.74, 6) is -0.0197. The Labute approximate surface area is 115 Å². The van der Waals surface area contributed by atoms with Gasteiger partial charge in [0.25, 0.3) is 0 Å². The van der Waals surface area contributed by atoms with Crippen molar-refractivity contribution in [3.05, 3.63) is 54.6 Å². The molecule has 0 spiro atoms. The van der Waals surface area contributed by atoms with Crippen LogP contribution in [0.2, 0.25) is 0 Å². The first-order valence-corrected chi connectivity index (χ1v) is 6.37. The summed E-state index contributed by atoms with van der Waals surface area (Å²) >= 11 is 0. The van der Waals surface area contributed by atoms with Gasteiger partial charge < -0.3 is 5.32 Å². The Hall–Kier alpha value is -1.87. The summed E-state index contributed by atoms with van der Waals surface area (Å²) in [6, 6.07) is 6.02. The number of anilines is 1. The molecule has 19 heavy (non-hydrogen) atoms. The van der Waals surface area contributed by atoms with Crippen LogP contribution >= 0.6 is 0 Å². The smallest absolute Gasteiger partial charge is 0.238 e. The number of aryl methyl sites for hydroxylation is 2. The van der Waals surface area contributed by atoms with Crippen molar-refractivity contribution in [3.63, 3.8) is 0 Å². The molecule has 102 valence electrons. The minimum Gasteiger partial charge on any atom is -0.325 e. The van der Waals surface area contributed by atoms with E-state index >= 15 is 0 Å². The molecule has 0 fully saturated rings. The van der Waals surface area contributed by atoms with Crippen LogP contribution in [0.3, 0.4) is 0 Å². The van der Waals surface area contributed by atoms with Crippen molar-refractivity contribution < 1.29 is 4.79 Å². The number of hydrogen-bond donors (Lipinski definition) is 1. The Morgan fingerprint density at radius 3 is 2.16 bits per heavy atom. The summed E-state index contributed by atoms with van der Waals surface area (Å²) in [7, 11) is 0. The third kappa shape index (κ3) is 5.53. The zero-order chi connectivity index (χ0) is 14.3. The fourth-order valence-electron chi connectivity index (χ4n) is 2.02. The number of nitrogens with zero attached hydrogens (tertiary/aromatic N) is 1. The van der Waals surface area contributed by atoms with E-state index in [0.29, 0.717) is 19.6 Å². The molecule has 0 aromatic heterocycles. The fraction of sp³-hybridized carbons (Fsp3) is 0.312. The van der Waals surface area contributed by atoms with Crippen molar-refractivity contribution in [2.45, 2.75) is 13.8 Å². The topological polar surface area (TPSA) is 32.3 Å². The van der Waals surface area contributed by atoms with Gasteiger partial charge in [-0.15, -0.1) is 13.2 Å². The lowest BCUT2D eigenvalue weighted by molar-refractivity contribution is -0.117. The molecular weight excluding hydrogens is 236 g/mol. The lowest BCUT2D eigenvalue weighted by Gasteiger charge is -2.18. The summed E-state index contributed by atoms with van der Waals surface area (Å²) in [4.78, 5) is 13.9. The minimum absolute atomic E-state index is 0.0197. The lowest BCUT2D eigenvalue weighted by Crippen LogP contribution is -2.33. The molecule has 0 saturated heterocycles. The molecule has 0 bridgehead atoms. The summed E-state index contributed by atoms with van der Waals surface area (Å²) < 4.78 is 0. The van der Waals surface area contributed by atoms with E-state index in [1.165, 1.54) is 0 Å². The van der Waals surface area contributed by atoms with Crippen LogP contribution in [-0.2, 0) is 4.79 Å². The molecule has 1 aromatic carbocycles. The molecule has 0 radical (unpaired) electrons. The monoisotopic (exact) mass is 258 g/mol. The van der Waals surface area contributed by atoms with Crippen LogP contribution in [0.5, 0.6) is 0 Å². The third-order valence-corrected chi connectivity index (χ3v) is 2.65. The molecule has 1 aromatic rings. The first kappa shape index (κ1) is 15.2. The van der Waals surface area contributed by atoms with Crippen LogP contribution in [0.25, 0.3) is 0 Å².